The zero-order valence-electron chi connectivity index (χ0n) is 17.3. The zero-order valence-corrected chi connectivity index (χ0v) is 18.1. The molecule has 0 bridgehead atoms. The van der Waals surface area contributed by atoms with Gasteiger partial charge in [0.05, 0.1) is 27.0 Å². The van der Waals surface area contributed by atoms with E-state index in [1.165, 1.54) is 5.56 Å². The van der Waals surface area contributed by atoms with Crippen LogP contribution in [0.2, 0.25) is 5.02 Å². The highest BCUT2D eigenvalue weighted by atomic mass is 35.5. The van der Waals surface area contributed by atoms with Crippen molar-refractivity contribution in [1.82, 2.24) is 15.2 Å². The van der Waals surface area contributed by atoms with Crippen LogP contribution < -0.4 is 14.9 Å². The minimum Gasteiger partial charge on any atom is -0.497 e. The van der Waals surface area contributed by atoms with E-state index in [1.54, 1.807) is 38.6 Å². The van der Waals surface area contributed by atoms with Gasteiger partial charge < -0.3 is 9.47 Å². The van der Waals surface area contributed by atoms with Gasteiger partial charge in [-0.2, -0.15) is 5.10 Å². The number of nitrogens with one attached hydrogen (secondary N) is 1. The molecule has 0 unspecified atom stereocenters. The van der Waals surface area contributed by atoms with Crippen LogP contribution >= 0.6 is 11.6 Å². The molecule has 0 aliphatic carbocycles. The van der Waals surface area contributed by atoms with Crippen molar-refractivity contribution in [2.24, 2.45) is 5.10 Å². The first-order valence-electron chi connectivity index (χ1n) is 9.80. The van der Waals surface area contributed by atoms with Crippen molar-refractivity contribution in [3.05, 3.63) is 58.6 Å². The first kappa shape index (κ1) is 22.1. The van der Waals surface area contributed by atoms with Crippen LogP contribution in [0, 0.1) is 0 Å². The molecule has 1 heterocycles. The van der Waals surface area contributed by atoms with Crippen molar-refractivity contribution in [1.29, 1.82) is 0 Å². The van der Waals surface area contributed by atoms with Crippen LogP contribution in [0.4, 0.5) is 0 Å². The van der Waals surface area contributed by atoms with Gasteiger partial charge in [-0.15, -0.1) is 0 Å². The fourth-order valence-electron chi connectivity index (χ4n) is 3.31. The largest absolute Gasteiger partial charge is 0.497 e. The van der Waals surface area contributed by atoms with E-state index in [-0.39, 0.29) is 5.91 Å². The number of benzene rings is 2. The lowest BCUT2D eigenvalue weighted by atomic mass is 10.2. The summed E-state index contributed by atoms with van der Waals surface area (Å²) in [5.74, 6) is 1.21. The number of ether oxygens (including phenoxy) is 2. The molecule has 2 aromatic carbocycles. The van der Waals surface area contributed by atoms with Crippen LogP contribution in [-0.4, -0.2) is 68.9 Å². The summed E-state index contributed by atoms with van der Waals surface area (Å²) in [5.41, 5.74) is 4.56. The molecule has 0 saturated carbocycles. The highest BCUT2D eigenvalue weighted by Gasteiger charge is 2.18. The molecule has 0 spiro atoms. The van der Waals surface area contributed by atoms with Gasteiger partial charge in [0, 0.05) is 43.3 Å². The number of carbonyl (C=O) groups is 1. The summed E-state index contributed by atoms with van der Waals surface area (Å²) in [6.45, 7) is 4.73. The Labute approximate surface area is 182 Å². The minimum absolute atomic E-state index is 0.140. The first-order valence-corrected chi connectivity index (χ1v) is 10.2. The van der Waals surface area contributed by atoms with Gasteiger partial charge >= 0.3 is 0 Å². The molecule has 1 aliphatic heterocycles. The molecular formula is C22H27ClN4O3. The molecule has 8 heteroatoms. The van der Waals surface area contributed by atoms with Crippen LogP contribution in [0.3, 0.4) is 0 Å². The Kier molecular flexibility index (Phi) is 8.07. The van der Waals surface area contributed by atoms with Crippen LogP contribution in [-0.2, 0) is 11.3 Å². The standard InChI is InChI=1S/C22H27ClN4O3/c1-29-20-7-8-21(30-2)18(13-20)14-24-25-22(28)16-27-11-9-26(10-12-27)15-17-3-5-19(23)6-4-17/h3-8,13-14H,9-12,15-16H2,1-2H3,(H,25,28)/b24-14-. The molecule has 0 atom stereocenters. The number of piperazine rings is 1. The predicted molar refractivity (Wildman–Crippen MR) is 118 cm³/mol. The number of methoxy groups -OCH3 is 2. The number of carbonyl (C=O) groups excluding carboxylic acids is 1. The number of hydrogen-bond acceptors (Lipinski definition) is 6. The summed E-state index contributed by atoms with van der Waals surface area (Å²) in [5, 5.41) is 4.81. The Morgan fingerprint density at radius 2 is 1.77 bits per heavy atom. The second-order valence-electron chi connectivity index (χ2n) is 7.08. The van der Waals surface area contributed by atoms with Crippen molar-refractivity contribution in [2.75, 3.05) is 46.9 Å². The van der Waals surface area contributed by atoms with E-state index >= 15 is 0 Å². The van der Waals surface area contributed by atoms with E-state index < -0.39 is 0 Å². The lowest BCUT2D eigenvalue weighted by molar-refractivity contribution is -0.122. The van der Waals surface area contributed by atoms with E-state index in [0.29, 0.717) is 18.0 Å². The number of hydrazone groups is 1. The number of hydrogen-bond donors (Lipinski definition) is 1. The molecule has 0 radical (unpaired) electrons. The molecule has 1 aliphatic rings. The van der Waals surface area contributed by atoms with E-state index in [9.17, 15) is 4.79 Å². The van der Waals surface area contributed by atoms with Gasteiger partial charge in [0.2, 0.25) is 0 Å². The monoisotopic (exact) mass is 430 g/mol. The van der Waals surface area contributed by atoms with Crippen LogP contribution in [0.15, 0.2) is 47.6 Å². The summed E-state index contributed by atoms with van der Waals surface area (Å²) in [4.78, 5) is 16.7. The highest BCUT2D eigenvalue weighted by Crippen LogP contribution is 2.22. The smallest absolute Gasteiger partial charge is 0.254 e. The molecule has 2 aromatic rings. The van der Waals surface area contributed by atoms with Gasteiger partial charge in [-0.1, -0.05) is 23.7 Å². The molecule has 30 heavy (non-hydrogen) atoms. The molecule has 3 rings (SSSR count). The van der Waals surface area contributed by atoms with Gasteiger partial charge in [0.1, 0.15) is 11.5 Å². The van der Waals surface area contributed by atoms with Crippen molar-refractivity contribution >= 4 is 23.7 Å². The Morgan fingerprint density at radius 3 is 2.43 bits per heavy atom. The normalized spacial score (nSPS) is 15.3. The van der Waals surface area contributed by atoms with Gasteiger partial charge in [0.25, 0.3) is 5.91 Å². The molecule has 1 saturated heterocycles. The van der Waals surface area contributed by atoms with Crippen molar-refractivity contribution in [3.63, 3.8) is 0 Å². The molecule has 1 N–H and O–H groups in total. The zero-order chi connectivity index (χ0) is 21.3. The van der Waals surface area contributed by atoms with E-state index in [2.05, 4.69) is 32.5 Å². The van der Waals surface area contributed by atoms with Gasteiger partial charge in [0.15, 0.2) is 0 Å². The summed E-state index contributed by atoms with van der Waals surface area (Å²) in [7, 11) is 3.18. The van der Waals surface area contributed by atoms with Gasteiger partial charge in [-0.05, 0) is 35.9 Å². The summed E-state index contributed by atoms with van der Waals surface area (Å²) in [6, 6.07) is 13.3. The van der Waals surface area contributed by atoms with Gasteiger partial charge in [-0.3, -0.25) is 14.6 Å². The van der Waals surface area contributed by atoms with Crippen LogP contribution in [0.1, 0.15) is 11.1 Å². The van der Waals surface area contributed by atoms with Crippen molar-refractivity contribution in [2.45, 2.75) is 6.54 Å². The van der Waals surface area contributed by atoms with E-state index in [0.717, 1.165) is 43.3 Å². The predicted octanol–water partition coefficient (Wildman–Crippen LogP) is 2.63. The summed E-state index contributed by atoms with van der Waals surface area (Å²) >= 11 is 5.94. The number of nitrogens with zero attached hydrogens (tertiary/aromatic N) is 3. The molecular weight excluding hydrogens is 404 g/mol. The van der Waals surface area contributed by atoms with E-state index in [1.807, 2.05) is 12.1 Å². The second-order valence-corrected chi connectivity index (χ2v) is 7.52. The van der Waals surface area contributed by atoms with Crippen LogP contribution in [0.25, 0.3) is 0 Å². The maximum atomic E-state index is 12.2. The van der Waals surface area contributed by atoms with E-state index in [4.69, 9.17) is 21.1 Å². The average Bonchev–Trinajstić information content (AvgIpc) is 2.76. The highest BCUT2D eigenvalue weighted by molar-refractivity contribution is 6.30. The summed E-state index contributed by atoms with van der Waals surface area (Å²) < 4.78 is 10.5. The van der Waals surface area contributed by atoms with Crippen molar-refractivity contribution < 1.29 is 14.3 Å². The summed E-state index contributed by atoms with van der Waals surface area (Å²) in [6.07, 6.45) is 1.56. The fourth-order valence-corrected chi connectivity index (χ4v) is 3.43. The van der Waals surface area contributed by atoms with Gasteiger partial charge in [-0.25, -0.2) is 5.43 Å². The van der Waals surface area contributed by atoms with Crippen molar-refractivity contribution in [3.8, 4) is 11.5 Å². The molecule has 7 nitrogen and oxygen atoms in total. The maximum absolute atomic E-state index is 12.2. The third-order valence-corrected chi connectivity index (χ3v) is 5.23. The number of amides is 1. The molecule has 0 aromatic heterocycles. The average molecular weight is 431 g/mol. The molecule has 1 amide bonds. The topological polar surface area (TPSA) is 66.4 Å². The molecule has 1 fully saturated rings. The Hall–Kier alpha value is -2.61. The lowest BCUT2D eigenvalue weighted by Crippen LogP contribution is -2.48. The Bertz CT molecular complexity index is 865. The minimum atomic E-state index is -0.140. The Balaban J connectivity index is 1.43. The first-order chi connectivity index (χ1) is 14.6. The van der Waals surface area contributed by atoms with Crippen LogP contribution in [0.5, 0.6) is 11.5 Å². The number of halogens is 1. The lowest BCUT2D eigenvalue weighted by Gasteiger charge is -2.34. The quantitative estimate of drug-likeness (QED) is 0.515. The fraction of sp³-hybridized carbons (Fsp3) is 0.364. The number of rotatable bonds is 8. The Morgan fingerprint density at radius 1 is 1.07 bits per heavy atom. The maximum Gasteiger partial charge on any atom is 0.254 e. The third-order valence-electron chi connectivity index (χ3n) is 4.98. The second kappa shape index (κ2) is 11.0. The third kappa shape index (κ3) is 6.45. The SMILES string of the molecule is COc1ccc(OC)c(/C=N\NC(=O)CN2CCN(Cc3ccc(Cl)cc3)CC2)c1. The molecule has 160 valence electrons.